The fraction of sp³-hybridized carbons (Fsp3) is 0.462. The van der Waals surface area contributed by atoms with Crippen molar-refractivity contribution in [2.75, 3.05) is 37.4 Å². The van der Waals surface area contributed by atoms with Gasteiger partial charge in [0, 0.05) is 25.3 Å². The van der Waals surface area contributed by atoms with Crippen LogP contribution in [0.1, 0.15) is 24.2 Å². The summed E-state index contributed by atoms with van der Waals surface area (Å²) in [6.07, 6.45) is 0. The lowest BCUT2D eigenvalue weighted by molar-refractivity contribution is 0.0956. The van der Waals surface area contributed by atoms with Crippen LogP contribution < -0.4 is 16.4 Å². The third-order valence-electron chi connectivity index (χ3n) is 2.42. The maximum absolute atomic E-state index is 11.7. The van der Waals surface area contributed by atoms with Gasteiger partial charge in [-0.2, -0.15) is 0 Å². The molecule has 0 radical (unpaired) electrons. The van der Waals surface area contributed by atoms with Crippen molar-refractivity contribution >= 4 is 17.3 Å². The summed E-state index contributed by atoms with van der Waals surface area (Å²) in [5.41, 5.74) is 7.83. The highest BCUT2D eigenvalue weighted by Gasteiger charge is 2.07. The summed E-state index contributed by atoms with van der Waals surface area (Å²) in [6.45, 7) is 6.41. The lowest BCUT2D eigenvalue weighted by Gasteiger charge is -2.11. The minimum Gasteiger partial charge on any atom is -0.397 e. The molecule has 0 heterocycles. The van der Waals surface area contributed by atoms with Crippen molar-refractivity contribution in [3.05, 3.63) is 23.8 Å². The van der Waals surface area contributed by atoms with Crippen LogP contribution in [0.2, 0.25) is 0 Å². The number of benzene rings is 1. The SMILES string of the molecule is CCNC(=O)c1ccc(N)c(NCCOCC)c1. The van der Waals surface area contributed by atoms with E-state index in [1.165, 1.54) is 0 Å². The first-order valence-electron chi connectivity index (χ1n) is 6.18. The van der Waals surface area contributed by atoms with Crippen molar-refractivity contribution < 1.29 is 9.53 Å². The van der Waals surface area contributed by atoms with Crippen LogP contribution in [-0.2, 0) is 4.74 Å². The first kappa shape index (κ1) is 14.3. The molecule has 1 rings (SSSR count). The Hall–Kier alpha value is -1.75. The molecule has 5 heteroatoms. The summed E-state index contributed by atoms with van der Waals surface area (Å²) >= 11 is 0. The molecule has 0 saturated carbocycles. The van der Waals surface area contributed by atoms with E-state index in [0.29, 0.717) is 37.6 Å². The number of nitrogens with two attached hydrogens (primary N) is 1. The molecule has 1 aromatic carbocycles. The van der Waals surface area contributed by atoms with Gasteiger partial charge in [-0.1, -0.05) is 0 Å². The molecule has 0 unspecified atom stereocenters. The fourth-order valence-electron chi connectivity index (χ4n) is 1.52. The number of nitrogen functional groups attached to an aromatic ring is 1. The van der Waals surface area contributed by atoms with Gasteiger partial charge >= 0.3 is 0 Å². The van der Waals surface area contributed by atoms with E-state index in [0.717, 1.165) is 5.69 Å². The number of hydrogen-bond acceptors (Lipinski definition) is 4. The minimum atomic E-state index is -0.0923. The van der Waals surface area contributed by atoms with Gasteiger partial charge in [0.1, 0.15) is 0 Å². The van der Waals surface area contributed by atoms with Crippen molar-refractivity contribution in [2.45, 2.75) is 13.8 Å². The van der Waals surface area contributed by atoms with Crippen LogP contribution in [0, 0.1) is 0 Å². The van der Waals surface area contributed by atoms with Gasteiger partial charge in [0.25, 0.3) is 5.91 Å². The molecule has 0 fully saturated rings. The van der Waals surface area contributed by atoms with Crippen molar-refractivity contribution in [3.8, 4) is 0 Å². The van der Waals surface area contributed by atoms with Gasteiger partial charge in [-0.05, 0) is 32.0 Å². The highest BCUT2D eigenvalue weighted by Crippen LogP contribution is 2.19. The summed E-state index contributed by atoms with van der Waals surface area (Å²) in [7, 11) is 0. The predicted molar refractivity (Wildman–Crippen MR) is 73.8 cm³/mol. The highest BCUT2D eigenvalue weighted by molar-refractivity contribution is 5.96. The summed E-state index contributed by atoms with van der Waals surface area (Å²) < 4.78 is 5.23. The number of ether oxygens (including phenoxy) is 1. The molecule has 1 aromatic rings. The molecule has 0 bridgehead atoms. The van der Waals surface area contributed by atoms with Crippen molar-refractivity contribution in [3.63, 3.8) is 0 Å². The van der Waals surface area contributed by atoms with Gasteiger partial charge in [-0.3, -0.25) is 4.79 Å². The molecule has 0 atom stereocenters. The Morgan fingerprint density at radius 2 is 2.17 bits per heavy atom. The molecular weight excluding hydrogens is 230 g/mol. The van der Waals surface area contributed by atoms with Crippen molar-refractivity contribution in [1.29, 1.82) is 0 Å². The number of anilines is 2. The Balaban J connectivity index is 2.66. The topological polar surface area (TPSA) is 76.4 Å². The van der Waals surface area contributed by atoms with Crippen LogP contribution in [-0.4, -0.2) is 32.2 Å². The molecule has 0 saturated heterocycles. The van der Waals surface area contributed by atoms with Crippen LogP contribution in [0.3, 0.4) is 0 Å². The van der Waals surface area contributed by atoms with Gasteiger partial charge in [-0.15, -0.1) is 0 Å². The van der Waals surface area contributed by atoms with Crippen molar-refractivity contribution in [2.24, 2.45) is 0 Å². The van der Waals surface area contributed by atoms with Crippen LogP contribution in [0.25, 0.3) is 0 Å². The zero-order valence-corrected chi connectivity index (χ0v) is 11.0. The zero-order chi connectivity index (χ0) is 13.4. The second kappa shape index (κ2) is 7.55. The molecule has 0 aliphatic rings. The summed E-state index contributed by atoms with van der Waals surface area (Å²) in [5, 5.41) is 5.91. The molecule has 1 amide bonds. The number of carbonyl (C=O) groups is 1. The number of nitrogens with one attached hydrogen (secondary N) is 2. The average molecular weight is 251 g/mol. The van der Waals surface area contributed by atoms with Crippen molar-refractivity contribution in [1.82, 2.24) is 5.32 Å². The van der Waals surface area contributed by atoms with E-state index >= 15 is 0 Å². The quantitative estimate of drug-likeness (QED) is 0.506. The maximum Gasteiger partial charge on any atom is 0.251 e. The van der Waals surface area contributed by atoms with Gasteiger partial charge in [0.15, 0.2) is 0 Å². The largest absolute Gasteiger partial charge is 0.397 e. The van der Waals surface area contributed by atoms with Crippen LogP contribution in [0.15, 0.2) is 18.2 Å². The van der Waals surface area contributed by atoms with Gasteiger partial charge in [0.05, 0.1) is 18.0 Å². The van der Waals surface area contributed by atoms with E-state index in [9.17, 15) is 4.79 Å². The normalized spacial score (nSPS) is 10.1. The molecule has 18 heavy (non-hydrogen) atoms. The number of rotatable bonds is 7. The van der Waals surface area contributed by atoms with E-state index in [1.807, 2.05) is 13.8 Å². The zero-order valence-electron chi connectivity index (χ0n) is 11.0. The van der Waals surface area contributed by atoms with E-state index in [2.05, 4.69) is 10.6 Å². The van der Waals surface area contributed by atoms with E-state index in [4.69, 9.17) is 10.5 Å². The van der Waals surface area contributed by atoms with E-state index in [1.54, 1.807) is 18.2 Å². The van der Waals surface area contributed by atoms with Gasteiger partial charge in [0.2, 0.25) is 0 Å². The van der Waals surface area contributed by atoms with Crippen LogP contribution >= 0.6 is 0 Å². The smallest absolute Gasteiger partial charge is 0.251 e. The Morgan fingerprint density at radius 3 is 2.83 bits per heavy atom. The molecular formula is C13H21N3O2. The highest BCUT2D eigenvalue weighted by atomic mass is 16.5. The van der Waals surface area contributed by atoms with Gasteiger partial charge < -0.3 is 21.1 Å². The molecule has 0 aliphatic heterocycles. The van der Waals surface area contributed by atoms with Crippen LogP contribution in [0.5, 0.6) is 0 Å². The minimum absolute atomic E-state index is 0.0923. The number of carbonyl (C=O) groups excluding carboxylic acids is 1. The predicted octanol–water partition coefficient (Wildman–Crippen LogP) is 1.47. The second-order valence-corrected chi connectivity index (χ2v) is 3.79. The van der Waals surface area contributed by atoms with Crippen LogP contribution in [0.4, 0.5) is 11.4 Å². The second-order valence-electron chi connectivity index (χ2n) is 3.79. The third kappa shape index (κ3) is 4.25. The fourth-order valence-corrected chi connectivity index (χ4v) is 1.52. The standard InChI is InChI=1S/C13H21N3O2/c1-3-15-13(17)10-5-6-11(14)12(9-10)16-7-8-18-4-2/h5-6,9,16H,3-4,7-8,14H2,1-2H3,(H,15,17). The Morgan fingerprint density at radius 1 is 1.39 bits per heavy atom. The Labute approximate surface area is 108 Å². The first-order chi connectivity index (χ1) is 8.69. The monoisotopic (exact) mass is 251 g/mol. The molecule has 5 nitrogen and oxygen atoms in total. The number of hydrogen-bond donors (Lipinski definition) is 3. The summed E-state index contributed by atoms with van der Waals surface area (Å²) in [4.78, 5) is 11.7. The Bertz CT molecular complexity index is 394. The Kier molecular flexibility index (Phi) is 6.00. The lowest BCUT2D eigenvalue weighted by Crippen LogP contribution is -2.23. The molecule has 100 valence electrons. The van der Waals surface area contributed by atoms with E-state index < -0.39 is 0 Å². The van der Waals surface area contributed by atoms with Gasteiger partial charge in [-0.25, -0.2) is 0 Å². The average Bonchev–Trinajstić information content (AvgIpc) is 2.37. The molecule has 0 aromatic heterocycles. The van der Waals surface area contributed by atoms with E-state index in [-0.39, 0.29) is 5.91 Å². The first-order valence-corrected chi connectivity index (χ1v) is 6.18. The molecule has 0 aliphatic carbocycles. The summed E-state index contributed by atoms with van der Waals surface area (Å²) in [5.74, 6) is -0.0923. The summed E-state index contributed by atoms with van der Waals surface area (Å²) in [6, 6.07) is 5.20. The molecule has 4 N–H and O–H groups in total. The lowest BCUT2D eigenvalue weighted by atomic mass is 10.1. The maximum atomic E-state index is 11.7. The third-order valence-corrected chi connectivity index (χ3v) is 2.42. The molecule has 0 spiro atoms. The number of amides is 1.